The molecule has 0 atom stereocenters. The molecule has 1 N–H and O–H groups in total. The molecule has 3 aromatic carbocycles. The van der Waals surface area contributed by atoms with Crippen LogP contribution in [-0.2, 0) is 11.3 Å². The van der Waals surface area contributed by atoms with Crippen LogP contribution in [0.25, 0.3) is 5.69 Å². The molecule has 0 saturated carbocycles. The third-order valence-corrected chi connectivity index (χ3v) is 5.60. The van der Waals surface area contributed by atoms with Gasteiger partial charge in [-0.3, -0.25) is 9.36 Å². The van der Waals surface area contributed by atoms with Crippen molar-refractivity contribution in [1.29, 1.82) is 0 Å². The molecule has 0 aliphatic carbocycles. The first kappa shape index (κ1) is 22.3. The fraction of sp³-hybridized carbons (Fsp3) is 0.125. The Bertz CT molecular complexity index is 1200. The van der Waals surface area contributed by atoms with Crippen LogP contribution in [0.15, 0.2) is 84.3 Å². The Kier molecular flexibility index (Phi) is 7.21. The first-order valence-electron chi connectivity index (χ1n) is 10.1. The molecule has 0 aliphatic heterocycles. The van der Waals surface area contributed by atoms with Gasteiger partial charge in [0.1, 0.15) is 29.4 Å². The summed E-state index contributed by atoms with van der Waals surface area (Å²) in [4.78, 5) is 12.3. The average Bonchev–Trinajstić information content (AvgIpc) is 3.32. The number of hydrogen-bond acceptors (Lipinski definition) is 6. The van der Waals surface area contributed by atoms with Crippen LogP contribution in [0.4, 0.5) is 4.39 Å². The predicted octanol–water partition coefficient (Wildman–Crippen LogP) is 4.62. The van der Waals surface area contributed by atoms with Gasteiger partial charge in [0, 0.05) is 12.2 Å². The number of halogens is 1. The number of amides is 1. The van der Waals surface area contributed by atoms with E-state index in [-0.39, 0.29) is 17.5 Å². The van der Waals surface area contributed by atoms with Crippen molar-refractivity contribution in [2.24, 2.45) is 0 Å². The van der Waals surface area contributed by atoms with Crippen molar-refractivity contribution in [2.75, 3.05) is 12.9 Å². The number of thioether (sulfide) groups is 1. The molecule has 0 saturated heterocycles. The van der Waals surface area contributed by atoms with Crippen LogP contribution in [0.5, 0.6) is 17.2 Å². The molecule has 1 amide bonds. The minimum Gasteiger partial charge on any atom is -0.497 e. The number of hydrogen-bond donors (Lipinski definition) is 1. The van der Waals surface area contributed by atoms with Gasteiger partial charge in [-0.2, -0.15) is 0 Å². The Balaban J connectivity index is 1.26. The van der Waals surface area contributed by atoms with Crippen LogP contribution in [0.1, 0.15) is 5.56 Å². The zero-order chi connectivity index (χ0) is 23.0. The van der Waals surface area contributed by atoms with Gasteiger partial charge in [0.25, 0.3) is 0 Å². The third-order valence-electron chi connectivity index (χ3n) is 4.66. The second-order valence-electron chi connectivity index (χ2n) is 6.95. The van der Waals surface area contributed by atoms with Crippen LogP contribution in [0, 0.1) is 5.82 Å². The highest BCUT2D eigenvalue weighted by molar-refractivity contribution is 7.99. The average molecular weight is 465 g/mol. The maximum Gasteiger partial charge on any atom is 0.230 e. The highest BCUT2D eigenvalue weighted by Gasteiger charge is 2.10. The molecule has 4 aromatic rings. The standard InChI is InChI=1S/C24H21FN4O3S/c1-31-20-12-6-19(7-13-20)29-16-27-28-24(29)33-15-23(30)26-14-17-2-8-21(9-3-17)32-22-10-4-18(25)5-11-22/h2-13,16H,14-15H2,1H3,(H,26,30). The number of aromatic nitrogens is 3. The van der Waals surface area contributed by atoms with Crippen molar-refractivity contribution in [3.8, 4) is 22.9 Å². The van der Waals surface area contributed by atoms with E-state index in [1.165, 1.54) is 23.9 Å². The molecular weight excluding hydrogens is 443 g/mol. The topological polar surface area (TPSA) is 78.3 Å². The van der Waals surface area contributed by atoms with Gasteiger partial charge in [-0.1, -0.05) is 23.9 Å². The van der Waals surface area contributed by atoms with E-state index >= 15 is 0 Å². The summed E-state index contributed by atoms with van der Waals surface area (Å²) < 4.78 is 25.7. The molecule has 1 aromatic heterocycles. The smallest absolute Gasteiger partial charge is 0.230 e. The number of methoxy groups -OCH3 is 1. The summed E-state index contributed by atoms with van der Waals surface area (Å²) in [6.45, 7) is 0.390. The number of ether oxygens (including phenoxy) is 2. The van der Waals surface area contributed by atoms with Crippen LogP contribution >= 0.6 is 11.8 Å². The Labute approximate surface area is 194 Å². The summed E-state index contributed by atoms with van der Waals surface area (Å²) in [5, 5.41) is 11.6. The lowest BCUT2D eigenvalue weighted by atomic mass is 10.2. The van der Waals surface area contributed by atoms with Gasteiger partial charge in [0.05, 0.1) is 12.9 Å². The van der Waals surface area contributed by atoms with E-state index in [1.807, 2.05) is 41.0 Å². The summed E-state index contributed by atoms with van der Waals surface area (Å²) in [5.41, 5.74) is 1.81. The van der Waals surface area contributed by atoms with Gasteiger partial charge < -0.3 is 14.8 Å². The molecule has 33 heavy (non-hydrogen) atoms. The molecular formula is C24H21FN4O3S. The lowest BCUT2D eigenvalue weighted by molar-refractivity contribution is -0.118. The molecule has 0 aliphatic rings. The summed E-state index contributed by atoms with van der Waals surface area (Å²) in [7, 11) is 1.61. The highest BCUT2D eigenvalue weighted by atomic mass is 32.2. The maximum absolute atomic E-state index is 13.0. The number of carbonyl (C=O) groups excluding carboxylic acids is 1. The second-order valence-corrected chi connectivity index (χ2v) is 7.89. The van der Waals surface area contributed by atoms with E-state index in [9.17, 15) is 9.18 Å². The molecule has 0 radical (unpaired) electrons. The fourth-order valence-electron chi connectivity index (χ4n) is 2.94. The van der Waals surface area contributed by atoms with Gasteiger partial charge >= 0.3 is 0 Å². The van der Waals surface area contributed by atoms with Gasteiger partial charge in [0.2, 0.25) is 5.91 Å². The van der Waals surface area contributed by atoms with Crippen molar-refractivity contribution < 1.29 is 18.7 Å². The third kappa shape index (κ3) is 6.11. The monoisotopic (exact) mass is 464 g/mol. The number of benzene rings is 3. The lowest BCUT2D eigenvalue weighted by Crippen LogP contribution is -2.24. The number of carbonyl (C=O) groups is 1. The van der Waals surface area contributed by atoms with E-state index in [2.05, 4.69) is 15.5 Å². The minimum absolute atomic E-state index is 0.115. The maximum atomic E-state index is 13.0. The largest absolute Gasteiger partial charge is 0.497 e. The minimum atomic E-state index is -0.312. The summed E-state index contributed by atoms with van der Waals surface area (Å²) in [5.74, 6) is 1.72. The summed E-state index contributed by atoms with van der Waals surface area (Å²) >= 11 is 1.31. The Hall–Kier alpha value is -3.85. The molecule has 0 unspecified atom stereocenters. The number of nitrogens with one attached hydrogen (secondary N) is 1. The molecule has 0 spiro atoms. The van der Waals surface area contributed by atoms with Gasteiger partial charge in [-0.25, -0.2) is 4.39 Å². The molecule has 7 nitrogen and oxygen atoms in total. The molecule has 0 fully saturated rings. The Morgan fingerprint density at radius 3 is 2.27 bits per heavy atom. The summed E-state index contributed by atoms with van der Waals surface area (Å²) in [6.07, 6.45) is 1.61. The zero-order valence-electron chi connectivity index (χ0n) is 17.8. The van der Waals surface area contributed by atoms with E-state index < -0.39 is 0 Å². The van der Waals surface area contributed by atoms with Crippen LogP contribution < -0.4 is 14.8 Å². The molecule has 9 heteroatoms. The number of nitrogens with zero attached hydrogens (tertiary/aromatic N) is 3. The van der Waals surface area contributed by atoms with Crippen molar-refractivity contribution in [3.63, 3.8) is 0 Å². The second kappa shape index (κ2) is 10.6. The molecule has 168 valence electrons. The van der Waals surface area contributed by atoms with Crippen molar-refractivity contribution in [1.82, 2.24) is 20.1 Å². The first-order valence-corrected chi connectivity index (χ1v) is 11.1. The van der Waals surface area contributed by atoms with Crippen LogP contribution in [-0.4, -0.2) is 33.5 Å². The quantitative estimate of drug-likeness (QED) is 0.364. The lowest BCUT2D eigenvalue weighted by Gasteiger charge is -2.09. The van der Waals surface area contributed by atoms with Crippen molar-refractivity contribution in [3.05, 3.63) is 90.5 Å². The Morgan fingerprint density at radius 2 is 1.61 bits per heavy atom. The van der Waals surface area contributed by atoms with E-state index in [1.54, 1.807) is 37.7 Å². The van der Waals surface area contributed by atoms with E-state index in [0.29, 0.717) is 23.2 Å². The van der Waals surface area contributed by atoms with Crippen LogP contribution in [0.2, 0.25) is 0 Å². The molecule has 0 bridgehead atoms. The predicted molar refractivity (Wildman–Crippen MR) is 123 cm³/mol. The van der Waals surface area contributed by atoms with Gasteiger partial charge in [-0.05, 0) is 66.2 Å². The van der Waals surface area contributed by atoms with Crippen molar-refractivity contribution in [2.45, 2.75) is 11.7 Å². The normalized spacial score (nSPS) is 10.6. The zero-order valence-corrected chi connectivity index (χ0v) is 18.6. The van der Waals surface area contributed by atoms with Gasteiger partial charge in [-0.15, -0.1) is 10.2 Å². The summed E-state index contributed by atoms with van der Waals surface area (Å²) in [6, 6.07) is 20.7. The van der Waals surface area contributed by atoms with E-state index in [0.717, 1.165) is 17.0 Å². The van der Waals surface area contributed by atoms with E-state index in [4.69, 9.17) is 9.47 Å². The first-order chi connectivity index (χ1) is 16.1. The van der Waals surface area contributed by atoms with Crippen LogP contribution in [0.3, 0.4) is 0 Å². The van der Waals surface area contributed by atoms with Crippen molar-refractivity contribution >= 4 is 17.7 Å². The highest BCUT2D eigenvalue weighted by Crippen LogP contribution is 2.23. The SMILES string of the molecule is COc1ccc(-n2cnnc2SCC(=O)NCc2ccc(Oc3ccc(F)cc3)cc2)cc1. The Morgan fingerprint density at radius 1 is 0.970 bits per heavy atom. The molecule has 4 rings (SSSR count). The van der Waals surface area contributed by atoms with Gasteiger partial charge in [0.15, 0.2) is 5.16 Å². The fourth-order valence-corrected chi connectivity index (χ4v) is 3.70. The number of rotatable bonds is 9. The molecule has 1 heterocycles.